The van der Waals surface area contributed by atoms with Crippen LogP contribution < -0.4 is 0 Å². The molecule has 5 nitrogen and oxygen atoms in total. The van der Waals surface area contributed by atoms with Gasteiger partial charge in [-0.2, -0.15) is 0 Å². The summed E-state index contributed by atoms with van der Waals surface area (Å²) in [4.78, 5) is 27.0. The summed E-state index contributed by atoms with van der Waals surface area (Å²) >= 11 is 6.12. The smallest absolute Gasteiger partial charge is 0.335 e. The van der Waals surface area contributed by atoms with Gasteiger partial charge in [-0.3, -0.25) is 9.79 Å². The summed E-state index contributed by atoms with van der Waals surface area (Å²) in [6, 6.07) is 6.82. The first-order valence-corrected chi connectivity index (χ1v) is 6.23. The van der Waals surface area contributed by atoms with Crippen molar-refractivity contribution in [1.29, 1.82) is 0 Å². The van der Waals surface area contributed by atoms with Crippen LogP contribution in [0.4, 0.5) is 0 Å². The van der Waals surface area contributed by atoms with E-state index in [-0.39, 0.29) is 5.57 Å². The second-order valence-corrected chi connectivity index (χ2v) is 4.64. The Morgan fingerprint density at radius 1 is 1.35 bits per heavy atom. The SMILES string of the molecule is COC(=O)C1=CN=CC(C(=O)O)C1c1ccccc1Cl. The van der Waals surface area contributed by atoms with Crippen molar-refractivity contribution in [3.05, 3.63) is 46.6 Å². The van der Waals surface area contributed by atoms with Crippen molar-refractivity contribution < 1.29 is 19.4 Å². The molecule has 1 aliphatic rings. The van der Waals surface area contributed by atoms with Gasteiger partial charge in [0.2, 0.25) is 0 Å². The topological polar surface area (TPSA) is 76.0 Å². The summed E-state index contributed by atoms with van der Waals surface area (Å²) in [7, 11) is 1.24. The van der Waals surface area contributed by atoms with Crippen molar-refractivity contribution in [3.8, 4) is 0 Å². The molecular weight excluding hydrogens is 282 g/mol. The number of methoxy groups -OCH3 is 1. The van der Waals surface area contributed by atoms with Gasteiger partial charge in [-0.25, -0.2) is 4.79 Å². The number of hydrogen-bond acceptors (Lipinski definition) is 4. The lowest BCUT2D eigenvalue weighted by Gasteiger charge is -2.25. The van der Waals surface area contributed by atoms with Crippen LogP contribution in [0.2, 0.25) is 5.02 Å². The first kappa shape index (κ1) is 14.3. The Labute approximate surface area is 120 Å². The lowest BCUT2D eigenvalue weighted by molar-refractivity contribution is -0.140. The number of carboxylic acids is 1. The molecule has 1 aromatic carbocycles. The van der Waals surface area contributed by atoms with E-state index in [0.717, 1.165) is 0 Å². The molecule has 1 heterocycles. The van der Waals surface area contributed by atoms with Crippen molar-refractivity contribution in [2.45, 2.75) is 5.92 Å². The number of carbonyl (C=O) groups excluding carboxylic acids is 1. The van der Waals surface area contributed by atoms with E-state index >= 15 is 0 Å². The minimum atomic E-state index is -1.08. The molecule has 1 aromatic rings. The molecule has 1 aliphatic heterocycles. The van der Waals surface area contributed by atoms with E-state index < -0.39 is 23.8 Å². The van der Waals surface area contributed by atoms with Gasteiger partial charge in [-0.05, 0) is 11.6 Å². The molecule has 0 amide bonds. The highest BCUT2D eigenvalue weighted by molar-refractivity contribution is 6.31. The van der Waals surface area contributed by atoms with Gasteiger partial charge < -0.3 is 9.84 Å². The number of carboxylic acid groups (broad SMARTS) is 1. The quantitative estimate of drug-likeness (QED) is 0.867. The summed E-state index contributed by atoms with van der Waals surface area (Å²) in [5, 5.41) is 9.72. The summed E-state index contributed by atoms with van der Waals surface area (Å²) in [5.41, 5.74) is 0.736. The van der Waals surface area contributed by atoms with Crippen molar-refractivity contribution in [2.24, 2.45) is 10.9 Å². The van der Waals surface area contributed by atoms with Crippen molar-refractivity contribution >= 4 is 29.8 Å². The molecule has 2 atom stereocenters. The van der Waals surface area contributed by atoms with Gasteiger partial charge >= 0.3 is 11.9 Å². The minimum Gasteiger partial charge on any atom is -0.481 e. The Bertz CT molecular complexity index is 609. The van der Waals surface area contributed by atoms with Crippen LogP contribution in [-0.4, -0.2) is 30.4 Å². The number of esters is 1. The fourth-order valence-corrected chi connectivity index (χ4v) is 2.42. The highest BCUT2D eigenvalue weighted by atomic mass is 35.5. The van der Waals surface area contributed by atoms with Crippen molar-refractivity contribution in [1.82, 2.24) is 0 Å². The molecule has 2 unspecified atom stereocenters. The average molecular weight is 294 g/mol. The lowest BCUT2D eigenvalue weighted by atomic mass is 9.80. The molecule has 0 spiro atoms. The monoisotopic (exact) mass is 293 g/mol. The molecule has 6 heteroatoms. The Balaban J connectivity index is 2.55. The Hall–Kier alpha value is -2.14. The fraction of sp³-hybridized carbons (Fsp3) is 0.214. The van der Waals surface area contributed by atoms with Crippen LogP contribution in [-0.2, 0) is 14.3 Å². The Morgan fingerprint density at radius 3 is 2.65 bits per heavy atom. The van der Waals surface area contributed by atoms with E-state index in [4.69, 9.17) is 16.3 Å². The van der Waals surface area contributed by atoms with Crippen LogP contribution in [0.1, 0.15) is 11.5 Å². The summed E-state index contributed by atoms with van der Waals surface area (Å²) in [6.07, 6.45) is 2.61. The lowest BCUT2D eigenvalue weighted by Crippen LogP contribution is -2.30. The average Bonchev–Trinajstić information content (AvgIpc) is 2.46. The van der Waals surface area contributed by atoms with E-state index in [0.29, 0.717) is 10.6 Å². The third-order valence-corrected chi connectivity index (χ3v) is 3.45. The highest BCUT2D eigenvalue weighted by Crippen LogP contribution is 2.38. The molecule has 1 N–H and O–H groups in total. The maximum Gasteiger partial charge on any atom is 0.335 e. The summed E-state index contributed by atoms with van der Waals surface area (Å²) in [6.45, 7) is 0. The first-order valence-electron chi connectivity index (χ1n) is 5.85. The van der Waals surface area contributed by atoms with Gasteiger partial charge in [0, 0.05) is 23.4 Å². The van der Waals surface area contributed by atoms with Gasteiger partial charge in [-0.1, -0.05) is 29.8 Å². The molecule has 104 valence electrons. The third-order valence-electron chi connectivity index (χ3n) is 3.10. The predicted molar refractivity (Wildman–Crippen MR) is 73.9 cm³/mol. The number of carbonyl (C=O) groups is 2. The summed E-state index contributed by atoms with van der Waals surface area (Å²) in [5.74, 6) is -3.37. The molecule has 0 fully saturated rings. The van der Waals surface area contributed by atoms with Gasteiger partial charge in [-0.15, -0.1) is 0 Å². The normalized spacial score (nSPS) is 21.2. The Kier molecular flexibility index (Phi) is 4.20. The second kappa shape index (κ2) is 5.88. The number of ether oxygens (including phenoxy) is 1. The van der Waals surface area contributed by atoms with Crippen LogP contribution in [0.5, 0.6) is 0 Å². The van der Waals surface area contributed by atoms with Crippen LogP contribution in [0.3, 0.4) is 0 Å². The number of hydrogen-bond donors (Lipinski definition) is 1. The maximum absolute atomic E-state index is 11.8. The second-order valence-electron chi connectivity index (χ2n) is 4.24. The summed E-state index contributed by atoms with van der Waals surface area (Å²) < 4.78 is 4.69. The van der Waals surface area contributed by atoms with E-state index in [9.17, 15) is 14.7 Å². The highest BCUT2D eigenvalue weighted by Gasteiger charge is 2.37. The molecule has 0 aromatic heterocycles. The zero-order valence-electron chi connectivity index (χ0n) is 10.6. The standard InChI is InChI=1S/C14H12ClNO4/c1-20-14(19)10-7-16-6-9(13(17)18)12(10)8-4-2-3-5-11(8)15/h2-7,9,12H,1H3,(H,17,18). The van der Waals surface area contributed by atoms with Crippen LogP contribution >= 0.6 is 11.6 Å². The number of benzene rings is 1. The first-order chi connectivity index (χ1) is 9.56. The van der Waals surface area contributed by atoms with E-state index in [1.54, 1.807) is 24.3 Å². The zero-order chi connectivity index (χ0) is 14.7. The van der Waals surface area contributed by atoms with E-state index in [1.165, 1.54) is 19.5 Å². The van der Waals surface area contributed by atoms with E-state index in [2.05, 4.69) is 4.99 Å². The largest absolute Gasteiger partial charge is 0.481 e. The van der Waals surface area contributed by atoms with Gasteiger partial charge in [0.15, 0.2) is 0 Å². The van der Waals surface area contributed by atoms with Crippen LogP contribution in [0.25, 0.3) is 0 Å². The molecule has 20 heavy (non-hydrogen) atoms. The number of nitrogens with zero attached hydrogens (tertiary/aromatic N) is 1. The molecule has 0 saturated carbocycles. The number of aliphatic carboxylic acids is 1. The molecule has 0 aliphatic carbocycles. The van der Waals surface area contributed by atoms with Crippen LogP contribution in [0.15, 0.2) is 41.0 Å². The molecule has 0 bridgehead atoms. The van der Waals surface area contributed by atoms with Crippen molar-refractivity contribution in [2.75, 3.05) is 7.11 Å². The Morgan fingerprint density at radius 2 is 2.05 bits per heavy atom. The number of aliphatic imine (C=N–C) groups is 1. The van der Waals surface area contributed by atoms with Crippen molar-refractivity contribution in [3.63, 3.8) is 0 Å². The molecule has 0 radical (unpaired) electrons. The zero-order valence-corrected chi connectivity index (χ0v) is 11.4. The molecule has 0 saturated heterocycles. The molecule has 2 rings (SSSR count). The van der Waals surface area contributed by atoms with Gasteiger partial charge in [0.25, 0.3) is 0 Å². The predicted octanol–water partition coefficient (Wildman–Crippen LogP) is 2.27. The van der Waals surface area contributed by atoms with E-state index in [1.807, 2.05) is 0 Å². The van der Waals surface area contributed by atoms with Crippen LogP contribution in [0, 0.1) is 5.92 Å². The molecular formula is C14H12ClNO4. The van der Waals surface area contributed by atoms with Gasteiger partial charge in [0.1, 0.15) is 5.92 Å². The van der Waals surface area contributed by atoms with Gasteiger partial charge in [0.05, 0.1) is 12.7 Å². The number of halogens is 1. The maximum atomic E-state index is 11.8. The third kappa shape index (κ3) is 2.58. The minimum absolute atomic E-state index is 0.176. The fourth-order valence-electron chi connectivity index (χ4n) is 2.17. The number of rotatable bonds is 3.